The Hall–Kier alpha value is -2.87. The number of carbonyl (C=O) groups excluding carboxylic acids is 2. The molecule has 2 rings (SSSR count). The van der Waals surface area contributed by atoms with E-state index in [0.29, 0.717) is 6.07 Å². The highest BCUT2D eigenvalue weighted by Gasteiger charge is 2.20. The molecule has 0 aliphatic carbocycles. The molecule has 0 heterocycles. The number of hydrogen-bond donors (Lipinski definition) is 1. The van der Waals surface area contributed by atoms with E-state index in [9.17, 15) is 27.2 Å². The highest BCUT2D eigenvalue weighted by atomic mass is 35.5. The number of benzene rings is 2. The van der Waals surface area contributed by atoms with Gasteiger partial charge in [0.25, 0.3) is 5.91 Å². The van der Waals surface area contributed by atoms with Gasteiger partial charge in [-0.25, -0.2) is 22.4 Å². The fourth-order valence-corrected chi connectivity index (χ4v) is 2.17. The van der Waals surface area contributed by atoms with Crippen LogP contribution in [0.1, 0.15) is 12.5 Å². The van der Waals surface area contributed by atoms with Gasteiger partial charge in [-0.2, -0.15) is 0 Å². The van der Waals surface area contributed by atoms with Crippen LogP contribution in [0.25, 0.3) is 6.08 Å². The highest BCUT2D eigenvalue weighted by molar-refractivity contribution is 6.32. The number of esters is 1. The number of hydrogen-bond acceptors (Lipinski definition) is 3. The molecule has 0 fully saturated rings. The minimum Gasteiger partial charge on any atom is -0.449 e. The lowest BCUT2D eigenvalue weighted by Gasteiger charge is -2.13. The van der Waals surface area contributed by atoms with Crippen LogP contribution in [-0.4, -0.2) is 18.0 Å². The van der Waals surface area contributed by atoms with Gasteiger partial charge in [0.1, 0.15) is 5.82 Å². The predicted octanol–water partition coefficient (Wildman–Crippen LogP) is 4.48. The van der Waals surface area contributed by atoms with E-state index >= 15 is 0 Å². The molecule has 1 amide bonds. The van der Waals surface area contributed by atoms with Crippen LogP contribution in [0, 0.1) is 23.3 Å². The second-order valence-electron chi connectivity index (χ2n) is 5.26. The summed E-state index contributed by atoms with van der Waals surface area (Å²) in [5.41, 5.74) is -0.660. The molecule has 0 aliphatic rings. The molecule has 0 saturated heterocycles. The molecule has 0 spiro atoms. The van der Waals surface area contributed by atoms with Crippen molar-refractivity contribution in [2.45, 2.75) is 13.0 Å². The van der Waals surface area contributed by atoms with E-state index in [2.05, 4.69) is 0 Å². The molecule has 0 unspecified atom stereocenters. The number of carbonyl (C=O) groups is 2. The van der Waals surface area contributed by atoms with E-state index in [1.807, 2.05) is 5.32 Å². The normalized spacial score (nSPS) is 12.1. The van der Waals surface area contributed by atoms with Crippen molar-refractivity contribution in [3.63, 3.8) is 0 Å². The van der Waals surface area contributed by atoms with Crippen molar-refractivity contribution in [2.24, 2.45) is 0 Å². The van der Waals surface area contributed by atoms with Gasteiger partial charge >= 0.3 is 5.97 Å². The van der Waals surface area contributed by atoms with E-state index in [1.165, 1.54) is 19.1 Å². The lowest BCUT2D eigenvalue weighted by Crippen LogP contribution is -2.30. The predicted molar refractivity (Wildman–Crippen MR) is 90.9 cm³/mol. The first-order valence-corrected chi connectivity index (χ1v) is 7.85. The molecule has 0 bridgehead atoms. The molecule has 1 atom stereocenters. The average molecular weight is 402 g/mol. The Morgan fingerprint density at radius 2 is 1.78 bits per heavy atom. The Morgan fingerprint density at radius 3 is 2.44 bits per heavy atom. The summed E-state index contributed by atoms with van der Waals surface area (Å²) in [6.45, 7) is 1.18. The first-order chi connectivity index (χ1) is 12.7. The van der Waals surface area contributed by atoms with Gasteiger partial charge in [-0.15, -0.1) is 0 Å². The second kappa shape index (κ2) is 8.68. The van der Waals surface area contributed by atoms with Crippen molar-refractivity contribution in [1.82, 2.24) is 0 Å². The summed E-state index contributed by atoms with van der Waals surface area (Å²) in [6.07, 6.45) is 0.525. The average Bonchev–Trinajstić information content (AvgIpc) is 2.61. The van der Waals surface area contributed by atoms with Crippen LogP contribution in [0.3, 0.4) is 0 Å². The Kier molecular flexibility index (Phi) is 6.57. The van der Waals surface area contributed by atoms with Crippen molar-refractivity contribution in [2.75, 3.05) is 5.32 Å². The maximum Gasteiger partial charge on any atom is 0.331 e. The summed E-state index contributed by atoms with van der Waals surface area (Å²) in [5.74, 6) is -7.39. The zero-order chi connectivity index (χ0) is 20.1. The number of rotatable bonds is 5. The minimum atomic E-state index is -1.75. The monoisotopic (exact) mass is 401 g/mol. The van der Waals surface area contributed by atoms with Crippen molar-refractivity contribution in [1.29, 1.82) is 0 Å². The zero-order valence-corrected chi connectivity index (χ0v) is 14.5. The summed E-state index contributed by atoms with van der Waals surface area (Å²) >= 11 is 5.80. The van der Waals surface area contributed by atoms with Crippen LogP contribution in [0.2, 0.25) is 5.02 Å². The summed E-state index contributed by atoms with van der Waals surface area (Å²) in [4.78, 5) is 23.6. The number of amides is 1. The van der Waals surface area contributed by atoms with E-state index < -0.39 is 46.9 Å². The van der Waals surface area contributed by atoms with Crippen molar-refractivity contribution in [3.8, 4) is 0 Å². The van der Waals surface area contributed by atoms with Crippen molar-refractivity contribution in [3.05, 3.63) is 70.3 Å². The smallest absolute Gasteiger partial charge is 0.331 e. The standard InChI is InChI=1S/C18H12ClF4NO3/c1-9(18(26)24-14-7-6-13(21)16(22)17(14)23)27-15(25)8-5-10-11(19)3-2-4-12(10)20/h2-9H,1H3,(H,24,26)/b8-5+/t9-/m0/s1. The fourth-order valence-electron chi connectivity index (χ4n) is 1.95. The third kappa shape index (κ3) is 5.07. The third-order valence-corrected chi connectivity index (χ3v) is 3.67. The highest BCUT2D eigenvalue weighted by Crippen LogP contribution is 2.21. The van der Waals surface area contributed by atoms with Gasteiger partial charge in [-0.1, -0.05) is 17.7 Å². The molecule has 0 saturated carbocycles. The van der Waals surface area contributed by atoms with Crippen LogP contribution >= 0.6 is 11.6 Å². The molecule has 0 aromatic heterocycles. The van der Waals surface area contributed by atoms with Gasteiger partial charge in [0.05, 0.1) is 10.7 Å². The Morgan fingerprint density at radius 1 is 1.07 bits per heavy atom. The molecule has 1 N–H and O–H groups in total. The summed E-state index contributed by atoms with van der Waals surface area (Å²) in [5, 5.41) is 2.04. The maximum absolute atomic E-state index is 13.6. The lowest BCUT2D eigenvalue weighted by molar-refractivity contribution is -0.148. The molecule has 4 nitrogen and oxygen atoms in total. The Labute approximate surface area is 156 Å². The molecule has 0 radical (unpaired) electrons. The van der Waals surface area contributed by atoms with Gasteiger partial charge < -0.3 is 10.1 Å². The first kappa shape index (κ1) is 20.4. The molecule has 9 heteroatoms. The molecular formula is C18H12ClF4NO3. The molecule has 142 valence electrons. The number of nitrogens with one attached hydrogen (secondary N) is 1. The van der Waals surface area contributed by atoms with Crippen LogP contribution in [0.5, 0.6) is 0 Å². The summed E-state index contributed by atoms with van der Waals surface area (Å²) in [7, 11) is 0. The number of halogens is 5. The Bertz CT molecular complexity index is 897. The largest absolute Gasteiger partial charge is 0.449 e. The van der Waals surface area contributed by atoms with E-state index in [1.54, 1.807) is 0 Å². The minimum absolute atomic E-state index is 0.0444. The summed E-state index contributed by atoms with van der Waals surface area (Å²) < 4.78 is 57.9. The van der Waals surface area contributed by atoms with E-state index in [-0.39, 0.29) is 10.6 Å². The van der Waals surface area contributed by atoms with Crippen molar-refractivity contribution >= 4 is 35.2 Å². The van der Waals surface area contributed by atoms with Gasteiger partial charge in [-0.05, 0) is 37.3 Å². The SMILES string of the molecule is C[C@H](OC(=O)/C=C/c1c(F)cccc1Cl)C(=O)Nc1ccc(F)c(F)c1F. The van der Waals surface area contributed by atoms with Crippen LogP contribution in [0.4, 0.5) is 23.2 Å². The number of ether oxygens (including phenoxy) is 1. The molecular weight excluding hydrogens is 390 g/mol. The zero-order valence-electron chi connectivity index (χ0n) is 13.7. The fraction of sp³-hybridized carbons (Fsp3) is 0.111. The van der Waals surface area contributed by atoms with Crippen LogP contribution < -0.4 is 5.32 Å². The molecule has 2 aromatic rings. The lowest BCUT2D eigenvalue weighted by atomic mass is 10.2. The van der Waals surface area contributed by atoms with Crippen LogP contribution in [-0.2, 0) is 14.3 Å². The van der Waals surface area contributed by atoms with Gasteiger partial charge in [0, 0.05) is 11.6 Å². The molecule has 0 aliphatic heterocycles. The third-order valence-electron chi connectivity index (χ3n) is 3.34. The quantitative estimate of drug-likeness (QED) is 0.348. The van der Waals surface area contributed by atoms with E-state index in [4.69, 9.17) is 16.3 Å². The van der Waals surface area contributed by atoms with Crippen molar-refractivity contribution < 1.29 is 31.9 Å². The van der Waals surface area contributed by atoms with Gasteiger partial charge in [0.15, 0.2) is 23.6 Å². The van der Waals surface area contributed by atoms with E-state index in [0.717, 1.165) is 24.3 Å². The maximum atomic E-state index is 13.6. The molecule has 27 heavy (non-hydrogen) atoms. The van der Waals surface area contributed by atoms with Gasteiger partial charge in [-0.3, -0.25) is 4.79 Å². The second-order valence-corrected chi connectivity index (χ2v) is 5.67. The van der Waals surface area contributed by atoms with Crippen LogP contribution in [0.15, 0.2) is 36.4 Å². The topological polar surface area (TPSA) is 55.4 Å². The number of anilines is 1. The Balaban J connectivity index is 2.01. The molecule has 2 aromatic carbocycles. The first-order valence-electron chi connectivity index (χ1n) is 7.47. The van der Waals surface area contributed by atoms with Gasteiger partial charge in [0.2, 0.25) is 0 Å². The summed E-state index contributed by atoms with van der Waals surface area (Å²) in [6, 6.07) is 5.40.